The van der Waals surface area contributed by atoms with Gasteiger partial charge in [-0.2, -0.15) is 0 Å². The summed E-state index contributed by atoms with van der Waals surface area (Å²) in [6.45, 7) is 5.50. The minimum Gasteiger partial charge on any atom is -0.380 e. The molecule has 4 heteroatoms. The molecule has 1 aromatic carbocycles. The number of carbonyl (C=O) groups excluding carboxylic acids is 1. The molecule has 0 saturated heterocycles. The van der Waals surface area contributed by atoms with Gasteiger partial charge in [0.25, 0.3) is 0 Å². The Hall–Kier alpha value is -1.39. The Kier molecular flexibility index (Phi) is 6.39. The Balaban J connectivity index is 2.41. The van der Waals surface area contributed by atoms with E-state index in [4.69, 9.17) is 4.74 Å². The van der Waals surface area contributed by atoms with Crippen molar-refractivity contribution in [2.45, 2.75) is 33.0 Å². The lowest BCUT2D eigenvalue weighted by molar-refractivity contribution is -0.120. The monoisotopic (exact) mass is 250 g/mol. The van der Waals surface area contributed by atoms with Crippen molar-refractivity contribution in [3.05, 3.63) is 35.4 Å². The number of carbonyl (C=O) groups is 1. The lowest BCUT2D eigenvalue weighted by Gasteiger charge is -2.11. The standard InChI is InChI=1S/C14H22N2O2/c1-11(2)16-14(17)9-15-8-12-6-4-5-7-13(12)10-18-3/h4-7,11,15H,8-10H2,1-3H3,(H,16,17). The fraction of sp³-hybridized carbons (Fsp3) is 0.500. The molecule has 0 saturated carbocycles. The molecule has 0 aromatic heterocycles. The molecule has 100 valence electrons. The van der Waals surface area contributed by atoms with E-state index in [1.807, 2.05) is 38.1 Å². The molecule has 0 aliphatic rings. The molecule has 0 heterocycles. The van der Waals surface area contributed by atoms with Crippen molar-refractivity contribution in [1.82, 2.24) is 10.6 Å². The van der Waals surface area contributed by atoms with Crippen LogP contribution in [0.3, 0.4) is 0 Å². The zero-order valence-corrected chi connectivity index (χ0v) is 11.3. The molecule has 0 bridgehead atoms. The average Bonchev–Trinajstić information content (AvgIpc) is 2.30. The first-order valence-corrected chi connectivity index (χ1v) is 6.19. The van der Waals surface area contributed by atoms with Gasteiger partial charge in [-0.25, -0.2) is 0 Å². The number of methoxy groups -OCH3 is 1. The summed E-state index contributed by atoms with van der Waals surface area (Å²) in [4.78, 5) is 11.5. The van der Waals surface area contributed by atoms with E-state index in [0.29, 0.717) is 19.7 Å². The molecule has 0 fully saturated rings. The molecule has 0 unspecified atom stereocenters. The van der Waals surface area contributed by atoms with Gasteiger partial charge in [-0.3, -0.25) is 4.79 Å². The minimum absolute atomic E-state index is 0.0224. The molecule has 0 radical (unpaired) electrons. The number of rotatable bonds is 7. The van der Waals surface area contributed by atoms with Gasteiger partial charge in [-0.1, -0.05) is 24.3 Å². The number of ether oxygens (including phenoxy) is 1. The average molecular weight is 250 g/mol. The van der Waals surface area contributed by atoms with E-state index >= 15 is 0 Å². The van der Waals surface area contributed by atoms with Crippen molar-refractivity contribution in [3.8, 4) is 0 Å². The first-order valence-electron chi connectivity index (χ1n) is 6.19. The zero-order valence-electron chi connectivity index (χ0n) is 11.3. The van der Waals surface area contributed by atoms with Crippen molar-refractivity contribution in [2.75, 3.05) is 13.7 Å². The van der Waals surface area contributed by atoms with Crippen molar-refractivity contribution in [3.63, 3.8) is 0 Å². The molecule has 0 spiro atoms. The van der Waals surface area contributed by atoms with Gasteiger partial charge in [0.15, 0.2) is 0 Å². The summed E-state index contributed by atoms with van der Waals surface area (Å²) >= 11 is 0. The van der Waals surface area contributed by atoms with Crippen molar-refractivity contribution < 1.29 is 9.53 Å². The Bertz CT molecular complexity index is 378. The fourth-order valence-electron chi connectivity index (χ4n) is 1.71. The SMILES string of the molecule is COCc1ccccc1CNCC(=O)NC(C)C. The first-order chi connectivity index (χ1) is 8.63. The maximum absolute atomic E-state index is 11.5. The van der Waals surface area contributed by atoms with Gasteiger partial charge in [0.05, 0.1) is 13.2 Å². The highest BCUT2D eigenvalue weighted by Gasteiger charge is 2.04. The molecule has 0 atom stereocenters. The normalized spacial score (nSPS) is 10.7. The van der Waals surface area contributed by atoms with Crippen LogP contribution < -0.4 is 10.6 Å². The van der Waals surface area contributed by atoms with Crippen LogP contribution >= 0.6 is 0 Å². The highest BCUT2D eigenvalue weighted by Crippen LogP contribution is 2.09. The van der Waals surface area contributed by atoms with Gasteiger partial charge in [-0.15, -0.1) is 0 Å². The van der Waals surface area contributed by atoms with Crippen molar-refractivity contribution in [2.24, 2.45) is 0 Å². The number of hydrogen-bond acceptors (Lipinski definition) is 3. The maximum Gasteiger partial charge on any atom is 0.234 e. The summed E-state index contributed by atoms with van der Waals surface area (Å²) < 4.78 is 5.14. The maximum atomic E-state index is 11.5. The Morgan fingerprint density at radius 3 is 2.56 bits per heavy atom. The predicted molar refractivity (Wildman–Crippen MR) is 72.1 cm³/mol. The third-order valence-electron chi connectivity index (χ3n) is 2.47. The van der Waals surface area contributed by atoms with Gasteiger partial charge in [0, 0.05) is 19.7 Å². The van der Waals surface area contributed by atoms with E-state index in [-0.39, 0.29) is 11.9 Å². The molecule has 1 rings (SSSR count). The second-order valence-electron chi connectivity index (χ2n) is 4.53. The van der Waals surface area contributed by atoms with E-state index < -0.39 is 0 Å². The largest absolute Gasteiger partial charge is 0.380 e. The quantitative estimate of drug-likeness (QED) is 0.770. The van der Waals surface area contributed by atoms with Crippen LogP contribution in [-0.4, -0.2) is 25.6 Å². The topological polar surface area (TPSA) is 50.4 Å². The summed E-state index contributed by atoms with van der Waals surface area (Å²) in [6, 6.07) is 8.24. The van der Waals surface area contributed by atoms with Crippen LogP contribution in [-0.2, 0) is 22.7 Å². The lowest BCUT2D eigenvalue weighted by atomic mass is 10.1. The highest BCUT2D eigenvalue weighted by atomic mass is 16.5. The highest BCUT2D eigenvalue weighted by molar-refractivity contribution is 5.78. The number of benzene rings is 1. The number of nitrogens with one attached hydrogen (secondary N) is 2. The first kappa shape index (κ1) is 14.7. The van der Waals surface area contributed by atoms with E-state index in [1.54, 1.807) is 7.11 Å². The van der Waals surface area contributed by atoms with Crippen LogP contribution in [0.4, 0.5) is 0 Å². The van der Waals surface area contributed by atoms with Gasteiger partial charge >= 0.3 is 0 Å². The van der Waals surface area contributed by atoms with Gasteiger partial charge in [0.1, 0.15) is 0 Å². The Morgan fingerprint density at radius 2 is 1.94 bits per heavy atom. The van der Waals surface area contributed by atoms with Crippen LogP contribution in [0.15, 0.2) is 24.3 Å². The van der Waals surface area contributed by atoms with Gasteiger partial charge < -0.3 is 15.4 Å². The van der Waals surface area contributed by atoms with E-state index in [9.17, 15) is 4.79 Å². The van der Waals surface area contributed by atoms with Crippen LogP contribution in [0.2, 0.25) is 0 Å². The second-order valence-corrected chi connectivity index (χ2v) is 4.53. The van der Waals surface area contributed by atoms with Crippen molar-refractivity contribution in [1.29, 1.82) is 0 Å². The molecule has 0 aliphatic carbocycles. The van der Waals surface area contributed by atoms with E-state index in [2.05, 4.69) is 10.6 Å². The molecule has 4 nitrogen and oxygen atoms in total. The van der Waals surface area contributed by atoms with Crippen molar-refractivity contribution >= 4 is 5.91 Å². The second kappa shape index (κ2) is 7.84. The van der Waals surface area contributed by atoms with Crippen LogP contribution in [0.25, 0.3) is 0 Å². The smallest absolute Gasteiger partial charge is 0.234 e. The minimum atomic E-state index is 0.0224. The van der Waals surface area contributed by atoms with Crippen LogP contribution in [0.5, 0.6) is 0 Å². The summed E-state index contributed by atoms with van der Waals surface area (Å²) in [6.07, 6.45) is 0. The predicted octanol–water partition coefficient (Wildman–Crippen LogP) is 1.45. The third kappa shape index (κ3) is 5.29. The van der Waals surface area contributed by atoms with Crippen LogP contribution in [0.1, 0.15) is 25.0 Å². The third-order valence-corrected chi connectivity index (χ3v) is 2.47. The summed E-state index contributed by atoms with van der Waals surface area (Å²) in [7, 11) is 1.68. The Labute approximate surface area is 109 Å². The zero-order chi connectivity index (χ0) is 13.4. The molecule has 18 heavy (non-hydrogen) atoms. The number of amides is 1. The molecular weight excluding hydrogens is 228 g/mol. The molecule has 2 N–H and O–H groups in total. The summed E-state index contributed by atoms with van der Waals surface area (Å²) in [5.74, 6) is 0.0224. The molecule has 1 aromatic rings. The summed E-state index contributed by atoms with van der Waals surface area (Å²) in [5, 5.41) is 5.98. The van der Waals surface area contributed by atoms with Crippen LogP contribution in [0, 0.1) is 0 Å². The van der Waals surface area contributed by atoms with E-state index in [0.717, 1.165) is 11.1 Å². The van der Waals surface area contributed by atoms with Gasteiger partial charge in [-0.05, 0) is 25.0 Å². The van der Waals surface area contributed by atoms with Gasteiger partial charge in [0.2, 0.25) is 5.91 Å². The molecule has 0 aliphatic heterocycles. The summed E-state index contributed by atoms with van der Waals surface area (Å²) in [5.41, 5.74) is 2.31. The molecule has 1 amide bonds. The number of hydrogen-bond donors (Lipinski definition) is 2. The fourth-order valence-corrected chi connectivity index (χ4v) is 1.71. The van der Waals surface area contributed by atoms with E-state index in [1.165, 1.54) is 0 Å². The molecular formula is C14H22N2O2. The Morgan fingerprint density at radius 1 is 1.28 bits per heavy atom. The lowest BCUT2D eigenvalue weighted by Crippen LogP contribution is -2.37.